The molecule has 14 heavy (non-hydrogen) atoms. The van der Waals surface area contributed by atoms with Crippen LogP contribution in [-0.2, 0) is 17.8 Å². The van der Waals surface area contributed by atoms with Gasteiger partial charge in [0.05, 0.1) is 6.42 Å². The lowest BCUT2D eigenvalue weighted by Gasteiger charge is -2.23. The van der Waals surface area contributed by atoms with Crippen molar-refractivity contribution in [3.05, 3.63) is 18.2 Å². The Balaban J connectivity index is 1.99. The van der Waals surface area contributed by atoms with Crippen LogP contribution in [0.5, 0.6) is 0 Å². The fourth-order valence-corrected chi connectivity index (χ4v) is 1.83. The van der Waals surface area contributed by atoms with Crippen molar-refractivity contribution < 1.29 is 4.79 Å². The van der Waals surface area contributed by atoms with E-state index in [0.717, 1.165) is 25.2 Å². The van der Waals surface area contributed by atoms with E-state index < -0.39 is 0 Å². The van der Waals surface area contributed by atoms with Crippen molar-refractivity contribution in [3.63, 3.8) is 0 Å². The summed E-state index contributed by atoms with van der Waals surface area (Å²) in [6.45, 7) is 2.96. The minimum absolute atomic E-state index is 0.331. The molecule has 1 aliphatic rings. The minimum Gasteiger partial charge on any atom is -0.335 e. The first-order valence-electron chi connectivity index (χ1n) is 5.34. The molecule has 1 fully saturated rings. The Kier molecular flexibility index (Phi) is 2.66. The number of rotatable bonds is 4. The van der Waals surface area contributed by atoms with Gasteiger partial charge in [-0.25, -0.2) is 4.98 Å². The molecule has 0 spiro atoms. The summed E-state index contributed by atoms with van der Waals surface area (Å²) in [5, 5.41) is 0. The van der Waals surface area contributed by atoms with Crippen molar-refractivity contribution >= 4 is 5.78 Å². The molecule has 0 aliphatic heterocycles. The molecule has 0 saturated heterocycles. The molecule has 76 valence electrons. The van der Waals surface area contributed by atoms with Crippen LogP contribution in [0.4, 0.5) is 0 Å². The maximum Gasteiger partial charge on any atom is 0.143 e. The molecule has 3 nitrogen and oxygen atoms in total. The highest BCUT2D eigenvalue weighted by molar-refractivity contribution is 5.83. The van der Waals surface area contributed by atoms with Gasteiger partial charge in [-0.1, -0.05) is 6.42 Å². The topological polar surface area (TPSA) is 34.9 Å². The number of carbonyl (C=O) groups is 1. The SMILES string of the molecule is CCn1ccnc1CC(=O)C1CCC1. The van der Waals surface area contributed by atoms with E-state index in [1.165, 1.54) is 6.42 Å². The standard InChI is InChI=1S/C11H16N2O/c1-2-13-7-6-12-11(13)8-10(14)9-4-3-5-9/h6-7,9H,2-5,8H2,1H3. The number of nitrogens with zero attached hydrogens (tertiary/aromatic N) is 2. The van der Waals surface area contributed by atoms with Crippen molar-refractivity contribution in [1.29, 1.82) is 0 Å². The van der Waals surface area contributed by atoms with E-state index >= 15 is 0 Å². The van der Waals surface area contributed by atoms with E-state index in [1.807, 2.05) is 10.8 Å². The molecule has 0 bridgehead atoms. The van der Waals surface area contributed by atoms with Crippen LogP contribution >= 0.6 is 0 Å². The van der Waals surface area contributed by atoms with Crippen LogP contribution in [0.15, 0.2) is 12.4 Å². The number of carbonyl (C=O) groups excluding carboxylic acids is 1. The molecule has 1 aliphatic carbocycles. The highest BCUT2D eigenvalue weighted by atomic mass is 16.1. The molecule has 0 unspecified atom stereocenters. The molecule has 0 N–H and O–H groups in total. The number of aromatic nitrogens is 2. The fourth-order valence-electron chi connectivity index (χ4n) is 1.83. The monoisotopic (exact) mass is 192 g/mol. The van der Waals surface area contributed by atoms with Crippen LogP contribution < -0.4 is 0 Å². The molecule has 3 heteroatoms. The van der Waals surface area contributed by atoms with Crippen LogP contribution in [0.2, 0.25) is 0 Å². The van der Waals surface area contributed by atoms with E-state index in [0.29, 0.717) is 18.1 Å². The fraction of sp³-hybridized carbons (Fsp3) is 0.636. The molecule has 0 atom stereocenters. The van der Waals surface area contributed by atoms with Gasteiger partial charge in [0.15, 0.2) is 0 Å². The maximum atomic E-state index is 11.7. The smallest absolute Gasteiger partial charge is 0.143 e. The molecule has 1 saturated carbocycles. The van der Waals surface area contributed by atoms with Gasteiger partial charge in [0.1, 0.15) is 11.6 Å². The lowest BCUT2D eigenvalue weighted by Crippen LogP contribution is -2.24. The Hall–Kier alpha value is -1.12. The van der Waals surface area contributed by atoms with Gasteiger partial charge < -0.3 is 4.57 Å². The van der Waals surface area contributed by atoms with E-state index in [1.54, 1.807) is 6.20 Å². The Bertz CT molecular complexity index is 326. The molecule has 1 aromatic heterocycles. The molecule has 1 aromatic rings. The third-order valence-corrected chi connectivity index (χ3v) is 3.04. The number of hydrogen-bond acceptors (Lipinski definition) is 2. The first-order chi connectivity index (χ1) is 6.81. The molecule has 0 aromatic carbocycles. The summed E-state index contributed by atoms with van der Waals surface area (Å²) in [5.74, 6) is 1.62. The summed E-state index contributed by atoms with van der Waals surface area (Å²) >= 11 is 0. The van der Waals surface area contributed by atoms with Crippen LogP contribution in [0, 0.1) is 5.92 Å². The van der Waals surface area contributed by atoms with Crippen molar-refractivity contribution in [2.24, 2.45) is 5.92 Å². The van der Waals surface area contributed by atoms with Gasteiger partial charge in [0, 0.05) is 24.9 Å². The zero-order valence-electron chi connectivity index (χ0n) is 8.57. The van der Waals surface area contributed by atoms with Crippen molar-refractivity contribution in [1.82, 2.24) is 9.55 Å². The van der Waals surface area contributed by atoms with Gasteiger partial charge in [0.25, 0.3) is 0 Å². The Morgan fingerprint density at radius 2 is 2.43 bits per heavy atom. The third-order valence-electron chi connectivity index (χ3n) is 3.04. The maximum absolute atomic E-state index is 11.7. The van der Waals surface area contributed by atoms with Gasteiger partial charge in [-0.15, -0.1) is 0 Å². The average Bonchev–Trinajstić information content (AvgIpc) is 2.48. The quantitative estimate of drug-likeness (QED) is 0.729. The lowest BCUT2D eigenvalue weighted by molar-refractivity contribution is -0.124. The van der Waals surface area contributed by atoms with Crippen molar-refractivity contribution in [2.45, 2.75) is 39.2 Å². The van der Waals surface area contributed by atoms with Gasteiger partial charge in [-0.05, 0) is 19.8 Å². The number of Topliss-reactive ketones (excluding diaryl/α,β-unsaturated/α-hetero) is 1. The predicted molar refractivity (Wildman–Crippen MR) is 54.0 cm³/mol. The first kappa shape index (κ1) is 9.44. The van der Waals surface area contributed by atoms with Crippen molar-refractivity contribution in [3.8, 4) is 0 Å². The summed E-state index contributed by atoms with van der Waals surface area (Å²) in [6.07, 6.45) is 7.62. The molecule has 1 heterocycles. The number of hydrogen-bond donors (Lipinski definition) is 0. The summed E-state index contributed by atoms with van der Waals surface area (Å²) in [7, 11) is 0. The van der Waals surface area contributed by atoms with Gasteiger partial charge >= 0.3 is 0 Å². The van der Waals surface area contributed by atoms with Crippen molar-refractivity contribution in [2.75, 3.05) is 0 Å². The van der Waals surface area contributed by atoms with E-state index in [9.17, 15) is 4.79 Å². The van der Waals surface area contributed by atoms with Crippen LogP contribution in [0.3, 0.4) is 0 Å². The second-order valence-corrected chi connectivity index (χ2v) is 3.90. The van der Waals surface area contributed by atoms with Gasteiger partial charge in [-0.3, -0.25) is 4.79 Å². The second kappa shape index (κ2) is 3.95. The minimum atomic E-state index is 0.331. The number of imidazole rings is 1. The van der Waals surface area contributed by atoms with E-state index in [-0.39, 0.29) is 0 Å². The normalized spacial score (nSPS) is 16.6. The number of aryl methyl sites for hydroxylation is 1. The van der Waals surface area contributed by atoms with Gasteiger partial charge in [0.2, 0.25) is 0 Å². The first-order valence-corrected chi connectivity index (χ1v) is 5.34. The molecule has 0 amide bonds. The molecule has 2 rings (SSSR count). The summed E-state index contributed by atoms with van der Waals surface area (Å²) in [6, 6.07) is 0. The average molecular weight is 192 g/mol. The Labute approximate surface area is 84.1 Å². The van der Waals surface area contributed by atoms with Gasteiger partial charge in [-0.2, -0.15) is 0 Å². The Morgan fingerprint density at radius 1 is 1.64 bits per heavy atom. The zero-order valence-corrected chi connectivity index (χ0v) is 8.57. The molecular formula is C11H16N2O. The predicted octanol–water partition coefficient (Wildman–Crippen LogP) is 1.81. The summed E-state index contributed by atoms with van der Waals surface area (Å²) < 4.78 is 2.04. The van der Waals surface area contributed by atoms with E-state index in [4.69, 9.17) is 0 Å². The van der Waals surface area contributed by atoms with Crippen LogP contribution in [0.25, 0.3) is 0 Å². The highest BCUT2D eigenvalue weighted by Gasteiger charge is 2.25. The Morgan fingerprint density at radius 3 is 3.00 bits per heavy atom. The summed E-state index contributed by atoms with van der Waals surface area (Å²) in [5.41, 5.74) is 0. The van der Waals surface area contributed by atoms with Crippen LogP contribution in [0.1, 0.15) is 32.0 Å². The second-order valence-electron chi connectivity index (χ2n) is 3.90. The largest absolute Gasteiger partial charge is 0.335 e. The third kappa shape index (κ3) is 1.72. The van der Waals surface area contributed by atoms with Crippen LogP contribution in [-0.4, -0.2) is 15.3 Å². The number of ketones is 1. The summed E-state index contributed by atoms with van der Waals surface area (Å²) in [4.78, 5) is 15.9. The highest BCUT2D eigenvalue weighted by Crippen LogP contribution is 2.27. The molecular weight excluding hydrogens is 176 g/mol. The lowest BCUT2D eigenvalue weighted by atomic mass is 9.81. The van der Waals surface area contributed by atoms with E-state index in [2.05, 4.69) is 11.9 Å². The zero-order chi connectivity index (χ0) is 9.97. The molecule has 0 radical (unpaired) electrons.